The summed E-state index contributed by atoms with van der Waals surface area (Å²) >= 11 is 12.2. The lowest BCUT2D eigenvalue weighted by atomic mass is 10.2. The van der Waals surface area contributed by atoms with Crippen LogP contribution in [0.4, 0.5) is 0 Å². The summed E-state index contributed by atoms with van der Waals surface area (Å²) in [6.07, 6.45) is 3.45. The molecule has 3 rings (SSSR count). The van der Waals surface area contributed by atoms with Gasteiger partial charge >= 0.3 is 0 Å². The van der Waals surface area contributed by atoms with E-state index in [2.05, 4.69) is 4.98 Å². The average Bonchev–Trinajstić information content (AvgIpc) is 2.50. The van der Waals surface area contributed by atoms with Crippen molar-refractivity contribution in [3.05, 3.63) is 80.9 Å². The minimum atomic E-state index is -0.161. The van der Waals surface area contributed by atoms with Crippen molar-refractivity contribution in [2.75, 3.05) is 0 Å². The van der Waals surface area contributed by atoms with Gasteiger partial charge in [-0.3, -0.25) is 9.20 Å². The zero-order valence-corrected chi connectivity index (χ0v) is 13.3. The first kappa shape index (κ1) is 14.8. The molecule has 0 amide bonds. The fourth-order valence-corrected chi connectivity index (χ4v) is 2.51. The van der Waals surface area contributed by atoms with Crippen LogP contribution in [0.5, 0.6) is 0 Å². The SMILES string of the molecule is Cc1cccn2c(=O)cc(/C(Cl)=C/c3ccc(Cl)cc3)nc12. The molecule has 0 N–H and O–H groups in total. The molecule has 0 saturated carbocycles. The molecule has 5 heteroatoms. The number of hydrogen-bond donors (Lipinski definition) is 0. The van der Waals surface area contributed by atoms with Crippen LogP contribution in [0, 0.1) is 6.92 Å². The van der Waals surface area contributed by atoms with Crippen LogP contribution >= 0.6 is 23.2 Å². The molecule has 3 aromatic rings. The highest BCUT2D eigenvalue weighted by molar-refractivity contribution is 6.51. The molecule has 3 nitrogen and oxygen atoms in total. The number of benzene rings is 1. The fraction of sp³-hybridized carbons (Fsp3) is 0.0588. The summed E-state index contributed by atoms with van der Waals surface area (Å²) in [5.41, 5.74) is 2.70. The predicted octanol–water partition coefficient (Wildman–Crippen LogP) is 4.39. The van der Waals surface area contributed by atoms with Gasteiger partial charge in [0.05, 0.1) is 10.7 Å². The van der Waals surface area contributed by atoms with Crippen LogP contribution in [0.2, 0.25) is 5.02 Å². The maximum atomic E-state index is 12.2. The van der Waals surface area contributed by atoms with Crippen LogP contribution in [0.1, 0.15) is 16.8 Å². The van der Waals surface area contributed by atoms with E-state index >= 15 is 0 Å². The Balaban J connectivity index is 2.11. The molecule has 0 bridgehead atoms. The summed E-state index contributed by atoms with van der Waals surface area (Å²) in [7, 11) is 0. The van der Waals surface area contributed by atoms with Crippen LogP contribution in [-0.4, -0.2) is 9.38 Å². The third-order valence-electron chi connectivity index (χ3n) is 3.29. The molecule has 0 aliphatic heterocycles. The van der Waals surface area contributed by atoms with E-state index in [0.29, 0.717) is 21.4 Å². The van der Waals surface area contributed by atoms with Gasteiger partial charge in [0.2, 0.25) is 0 Å². The van der Waals surface area contributed by atoms with Gasteiger partial charge in [0, 0.05) is 17.3 Å². The molecule has 0 unspecified atom stereocenters. The predicted molar refractivity (Wildman–Crippen MR) is 91.4 cm³/mol. The highest BCUT2D eigenvalue weighted by Crippen LogP contribution is 2.21. The standard InChI is InChI=1S/C17H12Cl2N2O/c1-11-3-2-8-21-16(22)10-15(20-17(11)21)14(19)9-12-4-6-13(18)7-5-12/h2-10H,1H3/b14-9-. The second kappa shape index (κ2) is 5.95. The zero-order valence-electron chi connectivity index (χ0n) is 11.8. The first-order valence-electron chi connectivity index (χ1n) is 6.67. The van der Waals surface area contributed by atoms with E-state index in [-0.39, 0.29) is 5.56 Å². The molecule has 0 fully saturated rings. The third kappa shape index (κ3) is 2.91. The highest BCUT2D eigenvalue weighted by atomic mass is 35.5. The van der Waals surface area contributed by atoms with Gasteiger partial charge in [-0.2, -0.15) is 0 Å². The molecule has 0 aliphatic rings. The Labute approximate surface area is 137 Å². The Kier molecular flexibility index (Phi) is 4.01. The second-order valence-corrected chi connectivity index (χ2v) is 5.75. The van der Waals surface area contributed by atoms with Crippen molar-refractivity contribution in [3.8, 4) is 0 Å². The van der Waals surface area contributed by atoms with Crippen LogP contribution in [0.25, 0.3) is 16.8 Å². The van der Waals surface area contributed by atoms with Gasteiger partial charge in [-0.25, -0.2) is 4.98 Å². The first-order valence-corrected chi connectivity index (χ1v) is 7.42. The number of nitrogens with zero attached hydrogens (tertiary/aromatic N) is 2. The number of aromatic nitrogens is 2. The second-order valence-electron chi connectivity index (χ2n) is 4.91. The summed E-state index contributed by atoms with van der Waals surface area (Å²) in [5.74, 6) is 0. The summed E-state index contributed by atoms with van der Waals surface area (Å²) < 4.78 is 1.51. The highest BCUT2D eigenvalue weighted by Gasteiger charge is 2.07. The molecule has 110 valence electrons. The summed E-state index contributed by atoms with van der Waals surface area (Å²) in [6.45, 7) is 1.91. The zero-order chi connectivity index (χ0) is 15.7. The largest absolute Gasteiger partial charge is 0.269 e. The summed E-state index contributed by atoms with van der Waals surface area (Å²) in [6, 6.07) is 12.4. The Morgan fingerprint density at radius 3 is 2.68 bits per heavy atom. The fourth-order valence-electron chi connectivity index (χ4n) is 2.16. The topological polar surface area (TPSA) is 34.4 Å². The lowest BCUT2D eigenvalue weighted by molar-refractivity contribution is 1.02. The summed E-state index contributed by atoms with van der Waals surface area (Å²) in [5, 5.41) is 1.07. The van der Waals surface area contributed by atoms with Crippen LogP contribution in [-0.2, 0) is 0 Å². The van der Waals surface area contributed by atoms with Gasteiger partial charge < -0.3 is 0 Å². The Morgan fingerprint density at radius 2 is 1.95 bits per heavy atom. The van der Waals surface area contributed by atoms with Gasteiger partial charge in [-0.15, -0.1) is 0 Å². The Morgan fingerprint density at radius 1 is 1.23 bits per heavy atom. The minimum absolute atomic E-state index is 0.161. The monoisotopic (exact) mass is 330 g/mol. The molecule has 0 atom stereocenters. The lowest BCUT2D eigenvalue weighted by Crippen LogP contribution is -2.15. The van der Waals surface area contributed by atoms with Crippen molar-refractivity contribution in [2.24, 2.45) is 0 Å². The number of fused-ring (bicyclic) bond motifs is 1. The van der Waals surface area contributed by atoms with E-state index in [0.717, 1.165) is 11.1 Å². The van der Waals surface area contributed by atoms with Crippen molar-refractivity contribution in [3.63, 3.8) is 0 Å². The van der Waals surface area contributed by atoms with E-state index in [1.165, 1.54) is 10.5 Å². The number of hydrogen-bond acceptors (Lipinski definition) is 2. The van der Waals surface area contributed by atoms with Crippen molar-refractivity contribution < 1.29 is 0 Å². The molecule has 0 saturated heterocycles. The van der Waals surface area contributed by atoms with Gasteiger partial charge in [-0.1, -0.05) is 41.4 Å². The molecular weight excluding hydrogens is 319 g/mol. The molecule has 1 aromatic carbocycles. The van der Waals surface area contributed by atoms with Gasteiger partial charge in [0.25, 0.3) is 5.56 Å². The molecule has 0 spiro atoms. The molecule has 0 aliphatic carbocycles. The van der Waals surface area contributed by atoms with Crippen LogP contribution in [0.3, 0.4) is 0 Å². The van der Waals surface area contributed by atoms with E-state index in [1.54, 1.807) is 24.4 Å². The number of rotatable bonds is 2. The molecular formula is C17H12Cl2N2O. The van der Waals surface area contributed by atoms with Crippen LogP contribution < -0.4 is 5.56 Å². The van der Waals surface area contributed by atoms with Crippen molar-refractivity contribution in [2.45, 2.75) is 6.92 Å². The lowest BCUT2D eigenvalue weighted by Gasteiger charge is -2.05. The molecule has 0 radical (unpaired) electrons. The Bertz CT molecular complexity index is 928. The maximum absolute atomic E-state index is 12.2. The Hall–Kier alpha value is -2.10. The van der Waals surface area contributed by atoms with Crippen molar-refractivity contribution >= 4 is 40.0 Å². The number of halogens is 2. The van der Waals surface area contributed by atoms with E-state index < -0.39 is 0 Å². The third-order valence-corrected chi connectivity index (χ3v) is 3.85. The first-order chi connectivity index (χ1) is 10.5. The quantitative estimate of drug-likeness (QED) is 0.698. The average molecular weight is 331 g/mol. The van der Waals surface area contributed by atoms with E-state index in [9.17, 15) is 4.79 Å². The molecule has 2 aromatic heterocycles. The van der Waals surface area contributed by atoms with Crippen molar-refractivity contribution in [1.82, 2.24) is 9.38 Å². The summed E-state index contributed by atoms with van der Waals surface area (Å²) in [4.78, 5) is 16.7. The minimum Gasteiger partial charge on any atom is -0.269 e. The van der Waals surface area contributed by atoms with Gasteiger partial charge in [-0.05, 0) is 42.3 Å². The smallest absolute Gasteiger partial charge is 0.258 e. The normalized spacial score (nSPS) is 11.9. The number of aryl methyl sites for hydroxylation is 1. The van der Waals surface area contributed by atoms with E-state index in [1.807, 2.05) is 31.2 Å². The molecule has 2 heterocycles. The number of pyridine rings is 1. The van der Waals surface area contributed by atoms with Crippen molar-refractivity contribution in [1.29, 1.82) is 0 Å². The molecule has 22 heavy (non-hydrogen) atoms. The van der Waals surface area contributed by atoms with Crippen LogP contribution in [0.15, 0.2) is 53.5 Å². The van der Waals surface area contributed by atoms with Gasteiger partial charge in [0.15, 0.2) is 0 Å². The van der Waals surface area contributed by atoms with E-state index in [4.69, 9.17) is 23.2 Å². The maximum Gasteiger partial charge on any atom is 0.258 e. The van der Waals surface area contributed by atoms with Gasteiger partial charge in [0.1, 0.15) is 5.65 Å².